The van der Waals surface area contributed by atoms with Crippen molar-refractivity contribution in [2.75, 3.05) is 24.5 Å². The second-order valence-electron chi connectivity index (χ2n) is 5.88. The number of nitrogens with zero attached hydrogens (tertiary/aromatic N) is 1. The summed E-state index contributed by atoms with van der Waals surface area (Å²) in [6, 6.07) is 19.8. The summed E-state index contributed by atoms with van der Waals surface area (Å²) in [6.45, 7) is 3.11. The van der Waals surface area contributed by atoms with Crippen molar-refractivity contribution in [3.05, 3.63) is 66.4 Å². The van der Waals surface area contributed by atoms with Gasteiger partial charge in [-0.3, -0.25) is 0 Å². The van der Waals surface area contributed by atoms with Gasteiger partial charge in [-0.15, -0.1) is 0 Å². The van der Waals surface area contributed by atoms with Crippen molar-refractivity contribution in [1.29, 1.82) is 0 Å². The molecule has 112 valence electrons. The number of piperazine rings is 1. The van der Waals surface area contributed by atoms with Gasteiger partial charge in [0.1, 0.15) is 5.58 Å². The summed E-state index contributed by atoms with van der Waals surface area (Å²) in [5.41, 5.74) is 3.64. The van der Waals surface area contributed by atoms with Crippen molar-refractivity contribution >= 4 is 16.7 Å². The molecule has 0 bridgehead atoms. The minimum absolute atomic E-state index is 0.487. The van der Waals surface area contributed by atoms with Gasteiger partial charge in [0.05, 0.1) is 6.26 Å². The number of furan rings is 1. The standard InChI is InChI=1S/C19H20N2O/c1-2-4-15(5-3-1)12-18-14-20-9-10-21(18)17-6-7-19-16(13-17)8-11-22-19/h1-8,11,13,18,20H,9-10,12,14H2. The van der Waals surface area contributed by atoms with Crippen molar-refractivity contribution in [2.24, 2.45) is 0 Å². The highest BCUT2D eigenvalue weighted by molar-refractivity contribution is 5.81. The predicted molar refractivity (Wildman–Crippen MR) is 90.4 cm³/mol. The molecular weight excluding hydrogens is 272 g/mol. The van der Waals surface area contributed by atoms with Crippen molar-refractivity contribution in [2.45, 2.75) is 12.5 Å². The van der Waals surface area contributed by atoms with Crippen LogP contribution in [0.5, 0.6) is 0 Å². The van der Waals surface area contributed by atoms with Gasteiger partial charge in [-0.05, 0) is 36.2 Å². The lowest BCUT2D eigenvalue weighted by molar-refractivity contribution is 0.473. The zero-order chi connectivity index (χ0) is 14.8. The molecular formula is C19H20N2O. The summed E-state index contributed by atoms with van der Waals surface area (Å²) in [4.78, 5) is 2.52. The van der Waals surface area contributed by atoms with E-state index in [1.165, 1.54) is 16.6 Å². The van der Waals surface area contributed by atoms with E-state index in [9.17, 15) is 0 Å². The van der Waals surface area contributed by atoms with E-state index in [4.69, 9.17) is 4.42 Å². The van der Waals surface area contributed by atoms with Gasteiger partial charge in [0, 0.05) is 36.7 Å². The van der Waals surface area contributed by atoms with Crippen molar-refractivity contribution in [3.8, 4) is 0 Å². The van der Waals surface area contributed by atoms with Crippen LogP contribution >= 0.6 is 0 Å². The van der Waals surface area contributed by atoms with Crippen LogP contribution in [0, 0.1) is 0 Å². The normalized spacial score (nSPS) is 18.7. The maximum atomic E-state index is 5.45. The van der Waals surface area contributed by atoms with E-state index >= 15 is 0 Å². The molecule has 3 aromatic rings. The molecule has 1 saturated heterocycles. The monoisotopic (exact) mass is 292 g/mol. The molecule has 0 spiro atoms. The highest BCUT2D eigenvalue weighted by atomic mass is 16.3. The molecule has 3 heteroatoms. The predicted octanol–water partition coefficient (Wildman–Crippen LogP) is 3.45. The molecule has 0 amide bonds. The lowest BCUT2D eigenvalue weighted by atomic mass is 10.0. The second kappa shape index (κ2) is 5.85. The van der Waals surface area contributed by atoms with Crippen LogP contribution in [0.4, 0.5) is 5.69 Å². The second-order valence-corrected chi connectivity index (χ2v) is 5.88. The average Bonchev–Trinajstić information content (AvgIpc) is 3.04. The fourth-order valence-electron chi connectivity index (χ4n) is 3.30. The summed E-state index contributed by atoms with van der Waals surface area (Å²) in [5.74, 6) is 0. The highest BCUT2D eigenvalue weighted by Gasteiger charge is 2.23. The van der Waals surface area contributed by atoms with E-state index in [-0.39, 0.29) is 0 Å². The SMILES string of the molecule is c1ccc(CC2CNCCN2c2ccc3occc3c2)cc1. The maximum Gasteiger partial charge on any atom is 0.133 e. The van der Waals surface area contributed by atoms with Gasteiger partial charge in [0.25, 0.3) is 0 Å². The Hall–Kier alpha value is -2.26. The molecule has 0 aliphatic carbocycles. The molecule has 2 heterocycles. The number of hydrogen-bond donors (Lipinski definition) is 1. The van der Waals surface area contributed by atoms with Gasteiger partial charge >= 0.3 is 0 Å². The molecule has 1 unspecified atom stereocenters. The molecule has 0 saturated carbocycles. The topological polar surface area (TPSA) is 28.4 Å². The third-order valence-electron chi connectivity index (χ3n) is 4.43. The van der Waals surface area contributed by atoms with E-state index in [2.05, 4.69) is 58.7 Å². The van der Waals surface area contributed by atoms with Crippen molar-refractivity contribution in [3.63, 3.8) is 0 Å². The van der Waals surface area contributed by atoms with Crippen LogP contribution in [0.3, 0.4) is 0 Å². The van der Waals surface area contributed by atoms with Crippen LogP contribution in [0.15, 0.2) is 65.3 Å². The van der Waals surface area contributed by atoms with Crippen LogP contribution < -0.4 is 10.2 Å². The average molecular weight is 292 g/mol. The minimum Gasteiger partial charge on any atom is -0.464 e. The van der Waals surface area contributed by atoms with Gasteiger partial charge in [-0.2, -0.15) is 0 Å². The lowest BCUT2D eigenvalue weighted by Crippen LogP contribution is -2.52. The number of nitrogens with one attached hydrogen (secondary N) is 1. The van der Waals surface area contributed by atoms with Gasteiger partial charge in [0.2, 0.25) is 0 Å². The fraction of sp³-hybridized carbons (Fsp3) is 0.263. The molecule has 2 aromatic carbocycles. The molecule has 1 atom stereocenters. The first kappa shape index (κ1) is 13.4. The first-order valence-electron chi connectivity index (χ1n) is 7.89. The lowest BCUT2D eigenvalue weighted by Gasteiger charge is -2.38. The van der Waals surface area contributed by atoms with E-state index < -0.39 is 0 Å². The Morgan fingerprint density at radius 2 is 2.00 bits per heavy atom. The highest BCUT2D eigenvalue weighted by Crippen LogP contribution is 2.26. The molecule has 1 aromatic heterocycles. The Kier molecular flexibility index (Phi) is 3.57. The largest absolute Gasteiger partial charge is 0.464 e. The molecule has 3 nitrogen and oxygen atoms in total. The first-order valence-corrected chi connectivity index (χ1v) is 7.89. The van der Waals surface area contributed by atoms with E-state index in [1.807, 2.05) is 6.07 Å². The number of benzene rings is 2. The third-order valence-corrected chi connectivity index (χ3v) is 4.43. The van der Waals surface area contributed by atoms with Crippen LogP contribution in [0.25, 0.3) is 11.0 Å². The summed E-state index contributed by atoms with van der Waals surface area (Å²) >= 11 is 0. The summed E-state index contributed by atoms with van der Waals surface area (Å²) in [6.07, 6.45) is 2.82. The zero-order valence-corrected chi connectivity index (χ0v) is 12.5. The van der Waals surface area contributed by atoms with Gasteiger partial charge in [0.15, 0.2) is 0 Å². The number of hydrogen-bond acceptors (Lipinski definition) is 3. The Bertz CT molecular complexity index is 750. The fourth-order valence-corrected chi connectivity index (χ4v) is 3.30. The molecule has 22 heavy (non-hydrogen) atoms. The van der Waals surface area contributed by atoms with E-state index in [1.54, 1.807) is 6.26 Å². The first-order chi connectivity index (χ1) is 10.9. The van der Waals surface area contributed by atoms with Crippen molar-refractivity contribution in [1.82, 2.24) is 5.32 Å². The zero-order valence-electron chi connectivity index (χ0n) is 12.5. The molecule has 0 radical (unpaired) electrons. The maximum absolute atomic E-state index is 5.45. The minimum atomic E-state index is 0.487. The Labute approximate surface area is 130 Å². The van der Waals surface area contributed by atoms with Crippen molar-refractivity contribution < 1.29 is 4.42 Å². The van der Waals surface area contributed by atoms with E-state index in [0.29, 0.717) is 6.04 Å². The van der Waals surface area contributed by atoms with Crippen LogP contribution in [-0.4, -0.2) is 25.7 Å². The molecule has 1 aliphatic heterocycles. The van der Waals surface area contributed by atoms with Gasteiger partial charge < -0.3 is 14.6 Å². The molecule has 1 fully saturated rings. The summed E-state index contributed by atoms with van der Waals surface area (Å²) in [5, 5.41) is 4.70. The number of fused-ring (bicyclic) bond motifs is 1. The number of anilines is 1. The molecule has 1 N–H and O–H groups in total. The Balaban J connectivity index is 1.62. The van der Waals surface area contributed by atoms with Crippen LogP contribution in [0.1, 0.15) is 5.56 Å². The molecule has 4 rings (SSSR count). The van der Waals surface area contributed by atoms with Gasteiger partial charge in [-0.1, -0.05) is 30.3 Å². The number of rotatable bonds is 3. The quantitative estimate of drug-likeness (QED) is 0.801. The smallest absolute Gasteiger partial charge is 0.133 e. The summed E-state index contributed by atoms with van der Waals surface area (Å²) in [7, 11) is 0. The van der Waals surface area contributed by atoms with E-state index in [0.717, 1.165) is 31.6 Å². The van der Waals surface area contributed by atoms with Gasteiger partial charge in [-0.25, -0.2) is 0 Å². The summed E-state index contributed by atoms with van der Waals surface area (Å²) < 4.78 is 5.45. The van der Waals surface area contributed by atoms with Crippen LogP contribution in [0.2, 0.25) is 0 Å². The molecule has 1 aliphatic rings. The van der Waals surface area contributed by atoms with Crippen LogP contribution in [-0.2, 0) is 6.42 Å². The third kappa shape index (κ3) is 2.60. The Morgan fingerprint density at radius 3 is 2.91 bits per heavy atom. The Morgan fingerprint density at radius 1 is 1.09 bits per heavy atom.